The largest absolute Gasteiger partial charge is 0.339 e. The predicted octanol–water partition coefficient (Wildman–Crippen LogP) is 3.49. The van der Waals surface area contributed by atoms with Crippen LogP contribution in [-0.2, 0) is 19.2 Å². The van der Waals surface area contributed by atoms with Crippen molar-refractivity contribution in [3.63, 3.8) is 0 Å². The molecule has 0 bridgehead atoms. The van der Waals surface area contributed by atoms with Gasteiger partial charge in [-0.15, -0.1) is 11.3 Å². The Balaban J connectivity index is 1.84. The molecule has 3 heterocycles. The zero-order valence-corrected chi connectivity index (χ0v) is 16.0. The Morgan fingerprint density at radius 1 is 1.29 bits per heavy atom. The van der Waals surface area contributed by atoms with Crippen molar-refractivity contribution in [2.45, 2.75) is 45.0 Å². The van der Waals surface area contributed by atoms with Crippen molar-refractivity contribution < 1.29 is 4.52 Å². The first-order valence-electron chi connectivity index (χ1n) is 7.77. The van der Waals surface area contributed by atoms with E-state index in [2.05, 4.69) is 29.0 Å². The van der Waals surface area contributed by atoms with E-state index in [0.717, 1.165) is 27.1 Å². The summed E-state index contributed by atoms with van der Waals surface area (Å²) in [5, 5.41) is 5.39. The maximum Gasteiger partial charge on any atom is 0.262 e. The molecule has 0 unspecified atom stereocenters. The van der Waals surface area contributed by atoms with Gasteiger partial charge in [0.15, 0.2) is 11.0 Å². The molecule has 0 amide bonds. The van der Waals surface area contributed by atoms with Gasteiger partial charge in [0, 0.05) is 18.3 Å². The van der Waals surface area contributed by atoms with Crippen LogP contribution in [0.1, 0.15) is 36.0 Å². The summed E-state index contributed by atoms with van der Waals surface area (Å²) in [7, 11) is 1.75. The minimum absolute atomic E-state index is 0.00189. The molecule has 128 valence electrons. The van der Waals surface area contributed by atoms with Gasteiger partial charge in [-0.3, -0.25) is 9.36 Å². The van der Waals surface area contributed by atoms with Crippen LogP contribution in [0.2, 0.25) is 0 Å². The van der Waals surface area contributed by atoms with Crippen LogP contribution < -0.4 is 5.56 Å². The van der Waals surface area contributed by atoms with Gasteiger partial charge in [-0.2, -0.15) is 4.98 Å². The summed E-state index contributed by atoms with van der Waals surface area (Å²) >= 11 is 3.01. The van der Waals surface area contributed by atoms with Crippen molar-refractivity contribution in [2.24, 2.45) is 13.0 Å². The second-order valence-corrected chi connectivity index (χ2v) is 8.36. The minimum Gasteiger partial charge on any atom is -0.339 e. The Morgan fingerprint density at radius 3 is 2.75 bits per heavy atom. The van der Waals surface area contributed by atoms with Crippen LogP contribution >= 0.6 is 23.1 Å². The summed E-state index contributed by atoms with van der Waals surface area (Å²) in [6, 6.07) is 0. The molecule has 3 rings (SSSR count). The maximum absolute atomic E-state index is 12.6. The fraction of sp³-hybridized carbons (Fsp3) is 0.500. The predicted molar refractivity (Wildman–Crippen MR) is 96.7 cm³/mol. The minimum atomic E-state index is -0.00189. The van der Waals surface area contributed by atoms with Gasteiger partial charge in [0.05, 0.1) is 11.1 Å². The summed E-state index contributed by atoms with van der Waals surface area (Å²) in [6.07, 6.45) is 0.772. The Kier molecular flexibility index (Phi) is 4.78. The standard InChI is InChI=1S/C16H20N4O2S2/c1-8(2)6-12-17-11(19-22-12)7-23-16-18-14-13(15(21)20(16)5)9(3)10(4)24-14/h8H,6-7H2,1-5H3. The number of hydrogen-bond donors (Lipinski definition) is 0. The first-order valence-corrected chi connectivity index (χ1v) is 9.58. The lowest BCUT2D eigenvalue weighted by molar-refractivity contribution is 0.360. The third kappa shape index (κ3) is 3.25. The number of rotatable bonds is 5. The van der Waals surface area contributed by atoms with Gasteiger partial charge in [0.25, 0.3) is 5.56 Å². The highest BCUT2D eigenvalue weighted by Crippen LogP contribution is 2.28. The lowest BCUT2D eigenvalue weighted by Gasteiger charge is -2.05. The summed E-state index contributed by atoms with van der Waals surface area (Å²) in [4.78, 5) is 23.5. The van der Waals surface area contributed by atoms with E-state index in [0.29, 0.717) is 28.5 Å². The molecule has 0 N–H and O–H groups in total. The van der Waals surface area contributed by atoms with Crippen molar-refractivity contribution in [1.82, 2.24) is 19.7 Å². The van der Waals surface area contributed by atoms with Crippen LogP contribution in [-0.4, -0.2) is 19.7 Å². The average Bonchev–Trinajstić information content (AvgIpc) is 3.06. The van der Waals surface area contributed by atoms with E-state index >= 15 is 0 Å². The number of hydrogen-bond acceptors (Lipinski definition) is 7. The summed E-state index contributed by atoms with van der Waals surface area (Å²) < 4.78 is 6.84. The van der Waals surface area contributed by atoms with Gasteiger partial charge in [-0.05, 0) is 25.3 Å². The first-order chi connectivity index (χ1) is 11.4. The van der Waals surface area contributed by atoms with Gasteiger partial charge < -0.3 is 4.52 Å². The van der Waals surface area contributed by atoms with Crippen LogP contribution in [0, 0.1) is 19.8 Å². The molecule has 0 fully saturated rings. The van der Waals surface area contributed by atoms with E-state index in [1.54, 1.807) is 23.0 Å². The van der Waals surface area contributed by atoms with Crippen LogP contribution in [0.25, 0.3) is 10.2 Å². The molecule has 3 aromatic heterocycles. The Labute approximate surface area is 148 Å². The quantitative estimate of drug-likeness (QED) is 0.510. The third-order valence-corrected chi connectivity index (χ3v) is 5.92. The van der Waals surface area contributed by atoms with Crippen LogP contribution in [0.5, 0.6) is 0 Å². The lowest BCUT2D eigenvalue weighted by Crippen LogP contribution is -2.19. The topological polar surface area (TPSA) is 73.8 Å². The molecule has 6 nitrogen and oxygen atoms in total. The second kappa shape index (κ2) is 6.68. The van der Waals surface area contributed by atoms with Crippen molar-refractivity contribution in [3.8, 4) is 0 Å². The van der Waals surface area contributed by atoms with Crippen LogP contribution in [0.15, 0.2) is 14.5 Å². The smallest absolute Gasteiger partial charge is 0.262 e. The third-order valence-electron chi connectivity index (χ3n) is 3.79. The molecular weight excluding hydrogens is 344 g/mol. The molecule has 8 heteroatoms. The molecule has 0 aliphatic carbocycles. The summed E-state index contributed by atoms with van der Waals surface area (Å²) in [6.45, 7) is 8.21. The molecule has 24 heavy (non-hydrogen) atoms. The highest BCUT2D eigenvalue weighted by molar-refractivity contribution is 7.98. The molecule has 0 radical (unpaired) electrons. The molecule has 0 spiro atoms. The van der Waals surface area contributed by atoms with E-state index in [4.69, 9.17) is 4.52 Å². The fourth-order valence-corrected chi connectivity index (χ4v) is 4.28. The molecule has 0 aliphatic rings. The second-order valence-electron chi connectivity index (χ2n) is 6.21. The highest BCUT2D eigenvalue weighted by atomic mass is 32.2. The number of thioether (sulfide) groups is 1. The summed E-state index contributed by atoms with van der Waals surface area (Å²) in [5.74, 6) is 2.28. The van der Waals surface area contributed by atoms with Crippen LogP contribution in [0.4, 0.5) is 0 Å². The Hall–Kier alpha value is -1.67. The molecule has 3 aromatic rings. The highest BCUT2D eigenvalue weighted by Gasteiger charge is 2.16. The van der Waals surface area contributed by atoms with Crippen molar-refractivity contribution in [2.75, 3.05) is 0 Å². The normalized spacial score (nSPS) is 11.8. The lowest BCUT2D eigenvalue weighted by atomic mass is 10.1. The van der Waals surface area contributed by atoms with Gasteiger partial charge in [0.2, 0.25) is 5.89 Å². The van der Waals surface area contributed by atoms with Crippen molar-refractivity contribution >= 4 is 33.3 Å². The number of aromatic nitrogens is 4. The van der Waals surface area contributed by atoms with E-state index < -0.39 is 0 Å². The number of thiophene rings is 1. The fourth-order valence-electron chi connectivity index (χ4n) is 2.40. The van der Waals surface area contributed by atoms with Crippen molar-refractivity contribution in [1.29, 1.82) is 0 Å². The van der Waals surface area contributed by atoms with Gasteiger partial charge in [-0.25, -0.2) is 4.98 Å². The zero-order valence-electron chi connectivity index (χ0n) is 14.4. The van der Waals surface area contributed by atoms with Gasteiger partial charge in [-0.1, -0.05) is 30.8 Å². The zero-order chi connectivity index (χ0) is 17.4. The Bertz CT molecular complexity index is 940. The van der Waals surface area contributed by atoms with Gasteiger partial charge >= 0.3 is 0 Å². The number of nitrogens with zero attached hydrogens (tertiary/aromatic N) is 4. The molecule has 0 saturated carbocycles. The molecule has 0 aliphatic heterocycles. The van der Waals surface area contributed by atoms with Gasteiger partial charge in [0.1, 0.15) is 4.83 Å². The maximum atomic E-state index is 12.6. The number of fused-ring (bicyclic) bond motifs is 1. The monoisotopic (exact) mass is 364 g/mol. The molecule has 0 atom stereocenters. The first kappa shape index (κ1) is 17.2. The molecule has 0 aromatic carbocycles. The van der Waals surface area contributed by atoms with E-state index in [9.17, 15) is 4.79 Å². The molecular formula is C16H20N4O2S2. The van der Waals surface area contributed by atoms with E-state index in [-0.39, 0.29) is 5.56 Å². The Morgan fingerprint density at radius 2 is 2.04 bits per heavy atom. The SMILES string of the molecule is Cc1sc2nc(SCc3noc(CC(C)C)n3)n(C)c(=O)c2c1C. The molecule has 0 saturated heterocycles. The van der Waals surface area contributed by atoms with E-state index in [1.807, 2.05) is 13.8 Å². The average molecular weight is 364 g/mol. The van der Waals surface area contributed by atoms with Crippen molar-refractivity contribution in [3.05, 3.63) is 32.5 Å². The van der Waals surface area contributed by atoms with Crippen LogP contribution in [0.3, 0.4) is 0 Å². The summed E-state index contributed by atoms with van der Waals surface area (Å²) in [5.41, 5.74) is 1.02. The van der Waals surface area contributed by atoms with E-state index in [1.165, 1.54) is 11.8 Å². The number of aryl methyl sites for hydroxylation is 2.